The Balaban J connectivity index is 1.91. The van der Waals surface area contributed by atoms with E-state index in [1.807, 2.05) is 23.6 Å². The van der Waals surface area contributed by atoms with E-state index in [0.717, 1.165) is 13.1 Å². The van der Waals surface area contributed by atoms with Gasteiger partial charge in [-0.15, -0.1) is 11.3 Å². The van der Waals surface area contributed by atoms with Gasteiger partial charge >= 0.3 is 0 Å². The lowest BCUT2D eigenvalue weighted by Crippen LogP contribution is -2.11. The summed E-state index contributed by atoms with van der Waals surface area (Å²) in [5.41, 5.74) is 1.20. The molecule has 0 spiro atoms. The first kappa shape index (κ1) is 12.1. The number of pyridine rings is 1. The van der Waals surface area contributed by atoms with Crippen molar-refractivity contribution in [3.8, 4) is 5.88 Å². The molecular weight excluding hydrogens is 232 g/mol. The molecule has 0 bridgehead atoms. The molecule has 4 heteroatoms. The molecule has 3 nitrogen and oxygen atoms in total. The first-order chi connectivity index (χ1) is 8.38. The molecule has 0 radical (unpaired) electrons. The number of nitrogens with zero attached hydrogens (tertiary/aromatic N) is 1. The van der Waals surface area contributed by atoms with Crippen molar-refractivity contribution in [1.82, 2.24) is 10.3 Å². The molecule has 0 saturated carbocycles. The molecule has 0 fully saturated rings. The van der Waals surface area contributed by atoms with Gasteiger partial charge in [-0.1, -0.05) is 13.0 Å². The molecule has 0 amide bonds. The zero-order valence-corrected chi connectivity index (χ0v) is 10.7. The number of rotatable bonds is 6. The predicted octanol–water partition coefficient (Wildman–Crippen LogP) is 2.83. The highest BCUT2D eigenvalue weighted by atomic mass is 32.1. The molecule has 17 heavy (non-hydrogen) atoms. The average Bonchev–Trinajstić information content (AvgIpc) is 2.87. The van der Waals surface area contributed by atoms with Crippen LogP contribution < -0.4 is 10.1 Å². The molecule has 2 aromatic heterocycles. The van der Waals surface area contributed by atoms with E-state index in [1.165, 1.54) is 10.4 Å². The van der Waals surface area contributed by atoms with Crippen LogP contribution in [0.5, 0.6) is 5.88 Å². The highest BCUT2D eigenvalue weighted by Crippen LogP contribution is 2.14. The summed E-state index contributed by atoms with van der Waals surface area (Å²) in [4.78, 5) is 5.41. The van der Waals surface area contributed by atoms with Gasteiger partial charge in [0.1, 0.15) is 6.61 Å². The molecular formula is C13H16N2OS. The van der Waals surface area contributed by atoms with Crippen LogP contribution in [0.25, 0.3) is 0 Å². The van der Waals surface area contributed by atoms with Crippen molar-refractivity contribution >= 4 is 11.3 Å². The molecule has 2 aromatic rings. The molecule has 0 saturated heterocycles. The molecule has 0 unspecified atom stereocenters. The van der Waals surface area contributed by atoms with E-state index >= 15 is 0 Å². The SMILES string of the molecule is CCNCc1ccnc(OCc2cccs2)c1. The Hall–Kier alpha value is -1.39. The fraction of sp³-hybridized carbons (Fsp3) is 0.308. The van der Waals surface area contributed by atoms with Gasteiger partial charge in [0.05, 0.1) is 0 Å². The van der Waals surface area contributed by atoms with Gasteiger partial charge in [0, 0.05) is 23.7 Å². The third kappa shape index (κ3) is 3.84. The largest absolute Gasteiger partial charge is 0.472 e. The van der Waals surface area contributed by atoms with E-state index in [-0.39, 0.29) is 0 Å². The first-order valence-electron chi connectivity index (χ1n) is 5.69. The molecule has 2 heterocycles. The number of thiophene rings is 1. The van der Waals surface area contributed by atoms with Gasteiger partial charge in [-0.05, 0) is 29.6 Å². The van der Waals surface area contributed by atoms with Crippen LogP contribution in [0.15, 0.2) is 35.8 Å². The Bertz CT molecular complexity index is 442. The Labute approximate surface area is 105 Å². The van der Waals surface area contributed by atoms with Gasteiger partial charge in [0.25, 0.3) is 0 Å². The number of hydrogen-bond acceptors (Lipinski definition) is 4. The maximum absolute atomic E-state index is 5.64. The topological polar surface area (TPSA) is 34.2 Å². The quantitative estimate of drug-likeness (QED) is 0.853. The minimum absolute atomic E-state index is 0.593. The third-order valence-corrected chi connectivity index (χ3v) is 3.17. The lowest BCUT2D eigenvalue weighted by atomic mass is 10.2. The molecule has 0 aromatic carbocycles. The lowest BCUT2D eigenvalue weighted by molar-refractivity contribution is 0.297. The minimum Gasteiger partial charge on any atom is -0.472 e. The summed E-state index contributed by atoms with van der Waals surface area (Å²) in [5, 5.41) is 5.33. The van der Waals surface area contributed by atoms with E-state index in [4.69, 9.17) is 4.74 Å². The van der Waals surface area contributed by atoms with Crippen LogP contribution in [0.1, 0.15) is 17.4 Å². The number of ether oxygens (including phenoxy) is 1. The predicted molar refractivity (Wildman–Crippen MR) is 70.3 cm³/mol. The Morgan fingerprint density at radius 2 is 2.35 bits per heavy atom. The maximum Gasteiger partial charge on any atom is 0.213 e. The van der Waals surface area contributed by atoms with Crippen LogP contribution in [0.2, 0.25) is 0 Å². The lowest BCUT2D eigenvalue weighted by Gasteiger charge is -2.06. The molecule has 0 aliphatic carbocycles. The van der Waals surface area contributed by atoms with Gasteiger partial charge in [-0.3, -0.25) is 0 Å². The number of aromatic nitrogens is 1. The van der Waals surface area contributed by atoms with E-state index in [0.29, 0.717) is 12.5 Å². The smallest absolute Gasteiger partial charge is 0.213 e. The van der Waals surface area contributed by atoms with Gasteiger partial charge in [-0.2, -0.15) is 0 Å². The van der Waals surface area contributed by atoms with Gasteiger partial charge < -0.3 is 10.1 Å². The summed E-state index contributed by atoms with van der Waals surface area (Å²) in [6.45, 7) is 4.51. The van der Waals surface area contributed by atoms with Gasteiger partial charge in [0.15, 0.2) is 0 Å². The summed E-state index contributed by atoms with van der Waals surface area (Å²) in [6, 6.07) is 8.07. The van der Waals surface area contributed by atoms with Crippen molar-refractivity contribution in [3.63, 3.8) is 0 Å². The third-order valence-electron chi connectivity index (χ3n) is 2.32. The second-order valence-electron chi connectivity index (χ2n) is 3.65. The summed E-state index contributed by atoms with van der Waals surface area (Å²) in [6.07, 6.45) is 1.79. The van der Waals surface area contributed by atoms with Gasteiger partial charge in [-0.25, -0.2) is 4.98 Å². The average molecular weight is 248 g/mol. The van der Waals surface area contributed by atoms with Crippen molar-refractivity contribution in [2.75, 3.05) is 6.54 Å². The molecule has 1 N–H and O–H groups in total. The van der Waals surface area contributed by atoms with Crippen LogP contribution in [-0.2, 0) is 13.2 Å². The minimum atomic E-state index is 0.593. The fourth-order valence-corrected chi connectivity index (χ4v) is 2.06. The van der Waals surface area contributed by atoms with Gasteiger partial charge in [0.2, 0.25) is 5.88 Å². The van der Waals surface area contributed by atoms with Crippen molar-refractivity contribution in [3.05, 3.63) is 46.3 Å². The van der Waals surface area contributed by atoms with E-state index in [9.17, 15) is 0 Å². The maximum atomic E-state index is 5.64. The summed E-state index contributed by atoms with van der Waals surface area (Å²) >= 11 is 1.70. The zero-order chi connectivity index (χ0) is 11.9. The van der Waals surface area contributed by atoms with Crippen LogP contribution in [-0.4, -0.2) is 11.5 Å². The molecule has 2 rings (SSSR count). The highest BCUT2D eigenvalue weighted by molar-refractivity contribution is 7.09. The van der Waals surface area contributed by atoms with Crippen LogP contribution in [0.4, 0.5) is 0 Å². The van der Waals surface area contributed by atoms with Crippen molar-refractivity contribution in [2.45, 2.75) is 20.1 Å². The van der Waals surface area contributed by atoms with Crippen LogP contribution in [0.3, 0.4) is 0 Å². The second-order valence-corrected chi connectivity index (χ2v) is 4.68. The number of nitrogens with one attached hydrogen (secondary N) is 1. The van der Waals surface area contributed by atoms with Crippen LogP contribution >= 0.6 is 11.3 Å². The first-order valence-corrected chi connectivity index (χ1v) is 6.57. The standard InChI is InChI=1S/C13H16N2OS/c1-2-14-9-11-5-6-15-13(8-11)16-10-12-4-3-7-17-12/h3-8,14H,2,9-10H2,1H3. The molecule has 0 aliphatic rings. The second kappa shape index (κ2) is 6.37. The van der Waals surface area contributed by atoms with Crippen molar-refractivity contribution < 1.29 is 4.74 Å². The van der Waals surface area contributed by atoms with Crippen molar-refractivity contribution in [2.24, 2.45) is 0 Å². The Morgan fingerprint density at radius 3 is 3.12 bits per heavy atom. The van der Waals surface area contributed by atoms with Crippen molar-refractivity contribution in [1.29, 1.82) is 0 Å². The van der Waals surface area contributed by atoms with E-state index < -0.39 is 0 Å². The number of hydrogen-bond donors (Lipinski definition) is 1. The highest BCUT2D eigenvalue weighted by Gasteiger charge is 1.99. The monoisotopic (exact) mass is 248 g/mol. The summed E-state index contributed by atoms with van der Waals surface area (Å²) in [7, 11) is 0. The molecule has 0 aliphatic heterocycles. The summed E-state index contributed by atoms with van der Waals surface area (Å²) in [5.74, 6) is 0.689. The van der Waals surface area contributed by atoms with E-state index in [2.05, 4.69) is 23.3 Å². The Morgan fingerprint density at radius 1 is 1.41 bits per heavy atom. The normalized spacial score (nSPS) is 10.4. The summed E-state index contributed by atoms with van der Waals surface area (Å²) < 4.78 is 5.64. The molecule has 0 atom stereocenters. The fourth-order valence-electron chi connectivity index (χ4n) is 1.45. The van der Waals surface area contributed by atoms with E-state index in [1.54, 1.807) is 17.5 Å². The Kier molecular flexibility index (Phi) is 4.53. The molecule has 90 valence electrons. The van der Waals surface area contributed by atoms with Crippen LogP contribution in [0, 0.1) is 0 Å². The zero-order valence-electron chi connectivity index (χ0n) is 9.85.